The Morgan fingerprint density at radius 2 is 1.79 bits per heavy atom. The summed E-state index contributed by atoms with van der Waals surface area (Å²) in [6, 6.07) is 14.8. The van der Waals surface area contributed by atoms with E-state index in [2.05, 4.69) is 22.4 Å². The maximum Gasteiger partial charge on any atom is 0.185 e. The summed E-state index contributed by atoms with van der Waals surface area (Å²) in [4.78, 5) is 7.10. The Hall–Kier alpha value is -1.60. The van der Waals surface area contributed by atoms with Crippen molar-refractivity contribution in [1.29, 1.82) is 0 Å². The van der Waals surface area contributed by atoms with Gasteiger partial charge in [-0.15, -0.1) is 11.3 Å². The van der Waals surface area contributed by atoms with Crippen LogP contribution >= 0.6 is 34.5 Å². The second kappa shape index (κ2) is 8.64. The Bertz CT molecular complexity index is 1090. The minimum absolute atomic E-state index is 0.168. The quantitative estimate of drug-likeness (QED) is 0.499. The van der Waals surface area contributed by atoms with E-state index in [0.29, 0.717) is 31.0 Å². The molecular weight excluding hydrogens is 447 g/mol. The summed E-state index contributed by atoms with van der Waals surface area (Å²) < 4.78 is 26.0. The molecule has 1 aliphatic heterocycles. The van der Waals surface area contributed by atoms with Crippen molar-refractivity contribution in [1.82, 2.24) is 4.98 Å². The largest absolute Gasteiger partial charge is 0.348 e. The van der Waals surface area contributed by atoms with Gasteiger partial charge >= 0.3 is 0 Å². The van der Waals surface area contributed by atoms with Gasteiger partial charge in [-0.05, 0) is 36.6 Å². The maximum atomic E-state index is 13.0. The predicted octanol–water partition coefficient (Wildman–Crippen LogP) is 5.48. The van der Waals surface area contributed by atoms with Crippen LogP contribution in [0.2, 0.25) is 10.0 Å². The van der Waals surface area contributed by atoms with Gasteiger partial charge in [-0.3, -0.25) is 0 Å². The molecule has 0 atom stereocenters. The average Bonchev–Trinajstić information content (AvgIpc) is 3.17. The highest BCUT2D eigenvalue weighted by molar-refractivity contribution is 7.92. The Balaban J connectivity index is 1.42. The number of hydrogen-bond acceptors (Lipinski definition) is 5. The van der Waals surface area contributed by atoms with Gasteiger partial charge < -0.3 is 4.90 Å². The number of anilines is 1. The molecule has 0 N–H and O–H groups in total. The van der Waals surface area contributed by atoms with Gasteiger partial charge in [0, 0.05) is 29.9 Å². The molecule has 0 aliphatic carbocycles. The van der Waals surface area contributed by atoms with E-state index in [1.165, 1.54) is 17.7 Å². The molecule has 152 valence electrons. The molecule has 1 fully saturated rings. The van der Waals surface area contributed by atoms with E-state index in [0.717, 1.165) is 17.2 Å². The Kier molecular flexibility index (Phi) is 6.16. The van der Waals surface area contributed by atoms with E-state index in [-0.39, 0.29) is 9.92 Å². The molecule has 3 aromatic rings. The summed E-state index contributed by atoms with van der Waals surface area (Å²) in [5, 5.41) is 3.21. The number of hydrogen-bond donors (Lipinski definition) is 0. The molecule has 29 heavy (non-hydrogen) atoms. The van der Waals surface area contributed by atoms with Crippen molar-refractivity contribution >= 4 is 49.5 Å². The number of nitrogens with zero attached hydrogens (tertiary/aromatic N) is 2. The molecule has 0 spiro atoms. The van der Waals surface area contributed by atoms with Crippen molar-refractivity contribution in [2.45, 2.75) is 29.4 Å². The fourth-order valence-corrected chi connectivity index (χ4v) is 6.96. The third kappa shape index (κ3) is 4.61. The molecule has 1 saturated heterocycles. The zero-order chi connectivity index (χ0) is 20.4. The zero-order valence-electron chi connectivity index (χ0n) is 15.6. The Labute approximate surface area is 185 Å². The first kappa shape index (κ1) is 20.7. The standard InChI is InChI=1S/C21H20Cl2N2O2S2/c22-16-6-7-20(19(23)13-16)29(26,27)18-8-10-25(11-9-18)21-24-17(14-28-21)12-15-4-2-1-3-5-15/h1-7,13-14,18H,8-12H2. The molecule has 0 bridgehead atoms. The van der Waals surface area contributed by atoms with Gasteiger partial charge in [-0.1, -0.05) is 53.5 Å². The van der Waals surface area contributed by atoms with Gasteiger partial charge in [-0.2, -0.15) is 0 Å². The van der Waals surface area contributed by atoms with Crippen LogP contribution < -0.4 is 4.90 Å². The van der Waals surface area contributed by atoms with Crippen LogP contribution in [0.3, 0.4) is 0 Å². The lowest BCUT2D eigenvalue weighted by Crippen LogP contribution is -2.39. The van der Waals surface area contributed by atoms with Crippen LogP contribution in [-0.2, 0) is 16.3 Å². The first-order chi connectivity index (χ1) is 13.9. The first-order valence-electron chi connectivity index (χ1n) is 9.36. The highest BCUT2D eigenvalue weighted by Crippen LogP contribution is 2.33. The average molecular weight is 467 g/mol. The molecule has 2 aromatic carbocycles. The number of aromatic nitrogens is 1. The molecule has 0 unspecified atom stereocenters. The van der Waals surface area contributed by atoms with Gasteiger partial charge in [0.15, 0.2) is 15.0 Å². The van der Waals surface area contributed by atoms with Crippen molar-refractivity contribution in [2.24, 2.45) is 0 Å². The van der Waals surface area contributed by atoms with E-state index < -0.39 is 15.1 Å². The summed E-state index contributed by atoms with van der Waals surface area (Å²) in [5.74, 6) is 0. The van der Waals surface area contributed by atoms with Crippen LogP contribution in [0, 0.1) is 0 Å². The highest BCUT2D eigenvalue weighted by Gasteiger charge is 2.33. The molecule has 8 heteroatoms. The molecular formula is C21H20Cl2N2O2S2. The van der Waals surface area contributed by atoms with Crippen LogP contribution in [0.25, 0.3) is 0 Å². The highest BCUT2D eigenvalue weighted by atomic mass is 35.5. The van der Waals surface area contributed by atoms with Gasteiger partial charge in [-0.25, -0.2) is 13.4 Å². The number of piperidine rings is 1. The zero-order valence-corrected chi connectivity index (χ0v) is 18.7. The minimum atomic E-state index is -3.48. The van der Waals surface area contributed by atoms with Crippen LogP contribution in [0.4, 0.5) is 5.13 Å². The van der Waals surface area contributed by atoms with E-state index in [4.69, 9.17) is 28.2 Å². The lowest BCUT2D eigenvalue weighted by atomic mass is 10.1. The second-order valence-electron chi connectivity index (χ2n) is 7.09. The van der Waals surface area contributed by atoms with Crippen LogP contribution in [0.5, 0.6) is 0 Å². The number of thiazole rings is 1. The van der Waals surface area contributed by atoms with Crippen molar-refractivity contribution in [2.75, 3.05) is 18.0 Å². The summed E-state index contributed by atoms with van der Waals surface area (Å²) in [7, 11) is -3.48. The third-order valence-corrected chi connectivity index (χ3v) is 9.05. The van der Waals surface area contributed by atoms with Gasteiger partial charge in [0.1, 0.15) is 0 Å². The molecule has 1 aromatic heterocycles. The molecule has 4 nitrogen and oxygen atoms in total. The maximum absolute atomic E-state index is 13.0. The summed E-state index contributed by atoms with van der Waals surface area (Å²) in [6.45, 7) is 1.32. The van der Waals surface area contributed by atoms with Crippen LogP contribution in [-0.4, -0.2) is 31.7 Å². The number of benzene rings is 2. The normalized spacial score (nSPS) is 15.6. The van der Waals surface area contributed by atoms with E-state index in [9.17, 15) is 8.42 Å². The van der Waals surface area contributed by atoms with Crippen molar-refractivity contribution < 1.29 is 8.42 Å². The first-order valence-corrected chi connectivity index (χ1v) is 12.5. The number of rotatable bonds is 5. The van der Waals surface area contributed by atoms with Crippen molar-refractivity contribution in [3.8, 4) is 0 Å². The third-order valence-electron chi connectivity index (χ3n) is 5.12. The fourth-order valence-electron chi connectivity index (χ4n) is 3.57. The Morgan fingerprint density at radius 3 is 2.48 bits per heavy atom. The topological polar surface area (TPSA) is 50.3 Å². The van der Waals surface area contributed by atoms with Crippen LogP contribution in [0.15, 0.2) is 58.8 Å². The molecule has 1 aliphatic rings. The second-order valence-corrected chi connectivity index (χ2v) is 11.0. The summed E-state index contributed by atoms with van der Waals surface area (Å²) in [5.41, 5.74) is 2.27. The molecule has 0 saturated carbocycles. The van der Waals surface area contributed by atoms with Gasteiger partial charge in [0.05, 0.1) is 20.9 Å². The van der Waals surface area contributed by atoms with Crippen LogP contribution in [0.1, 0.15) is 24.1 Å². The summed E-state index contributed by atoms with van der Waals surface area (Å²) in [6.07, 6.45) is 1.90. The molecule has 0 radical (unpaired) electrons. The van der Waals surface area contributed by atoms with Gasteiger partial charge in [0.2, 0.25) is 0 Å². The number of halogens is 2. The summed E-state index contributed by atoms with van der Waals surface area (Å²) >= 11 is 13.7. The molecule has 4 rings (SSSR count). The monoisotopic (exact) mass is 466 g/mol. The van der Waals surface area contributed by atoms with E-state index in [1.807, 2.05) is 18.2 Å². The molecule has 0 amide bonds. The SMILES string of the molecule is O=S(=O)(c1ccc(Cl)cc1Cl)C1CCN(c2nc(Cc3ccccc3)cs2)CC1. The van der Waals surface area contributed by atoms with Gasteiger partial charge in [0.25, 0.3) is 0 Å². The molecule has 2 heterocycles. The van der Waals surface area contributed by atoms with Crippen molar-refractivity contribution in [3.05, 3.63) is 75.2 Å². The minimum Gasteiger partial charge on any atom is -0.348 e. The van der Waals surface area contributed by atoms with Crippen molar-refractivity contribution in [3.63, 3.8) is 0 Å². The fraction of sp³-hybridized carbons (Fsp3) is 0.286. The lowest BCUT2D eigenvalue weighted by Gasteiger charge is -2.31. The number of sulfone groups is 1. The van der Waals surface area contributed by atoms with E-state index >= 15 is 0 Å². The predicted molar refractivity (Wildman–Crippen MR) is 120 cm³/mol. The smallest absolute Gasteiger partial charge is 0.185 e. The Morgan fingerprint density at radius 1 is 1.07 bits per heavy atom. The lowest BCUT2D eigenvalue weighted by molar-refractivity contribution is 0.529. The van der Waals surface area contributed by atoms with E-state index in [1.54, 1.807) is 17.4 Å².